The molecule has 0 heterocycles. The van der Waals surface area contributed by atoms with E-state index in [1.807, 2.05) is 25.1 Å². The monoisotopic (exact) mass is 360 g/mol. The smallest absolute Gasteiger partial charge is 0.241 e. The standard InChI is InChI=1S/C19H24N2O3S/c1-12-10-19(13(2)9-18(12)24-3)25(22,23)21-17-6-4-5-14-11-15(20)7-8-16(14)17/h7-11,17,21H,4-6,20H2,1-3H3. The molecule has 25 heavy (non-hydrogen) atoms. The Bertz CT molecular complexity index is 907. The Morgan fingerprint density at radius 1 is 1.16 bits per heavy atom. The molecule has 1 atom stereocenters. The van der Waals surface area contributed by atoms with Crippen molar-refractivity contribution in [2.75, 3.05) is 12.8 Å². The van der Waals surface area contributed by atoms with E-state index in [4.69, 9.17) is 10.5 Å². The fraction of sp³-hybridized carbons (Fsp3) is 0.368. The number of hydrogen-bond donors (Lipinski definition) is 2. The molecule has 0 amide bonds. The SMILES string of the molecule is COc1cc(C)c(S(=O)(=O)NC2CCCc3cc(N)ccc32)cc1C. The van der Waals surface area contributed by atoms with Crippen molar-refractivity contribution in [2.45, 2.75) is 44.0 Å². The molecule has 0 spiro atoms. The van der Waals surface area contributed by atoms with Crippen LogP contribution in [0.5, 0.6) is 5.75 Å². The molecule has 1 unspecified atom stereocenters. The summed E-state index contributed by atoms with van der Waals surface area (Å²) >= 11 is 0. The minimum absolute atomic E-state index is 0.226. The van der Waals surface area contributed by atoms with Gasteiger partial charge < -0.3 is 10.5 Å². The van der Waals surface area contributed by atoms with E-state index in [2.05, 4.69) is 4.72 Å². The molecule has 0 fully saturated rings. The first kappa shape index (κ1) is 17.8. The first-order valence-corrected chi connectivity index (χ1v) is 9.86. The molecule has 3 N–H and O–H groups in total. The van der Waals surface area contributed by atoms with Crippen LogP contribution in [0.3, 0.4) is 0 Å². The van der Waals surface area contributed by atoms with Gasteiger partial charge in [-0.15, -0.1) is 0 Å². The second-order valence-corrected chi connectivity index (χ2v) is 8.29. The molecule has 0 saturated carbocycles. The molecule has 6 heteroatoms. The zero-order valence-electron chi connectivity index (χ0n) is 14.8. The quantitative estimate of drug-likeness (QED) is 0.820. The van der Waals surface area contributed by atoms with Gasteiger partial charge in [-0.1, -0.05) is 6.07 Å². The fourth-order valence-corrected chi connectivity index (χ4v) is 5.04. The van der Waals surface area contributed by atoms with Crippen molar-refractivity contribution in [3.63, 3.8) is 0 Å². The molecular formula is C19H24N2O3S. The normalized spacial score (nSPS) is 17.2. The van der Waals surface area contributed by atoms with Crippen LogP contribution in [0.1, 0.15) is 41.1 Å². The third-order valence-corrected chi connectivity index (χ3v) is 6.37. The number of sulfonamides is 1. The predicted octanol–water partition coefficient (Wildman–Crippen LogP) is 3.25. The van der Waals surface area contributed by atoms with E-state index in [0.717, 1.165) is 36.0 Å². The molecule has 0 aromatic heterocycles. The number of hydrogen-bond acceptors (Lipinski definition) is 4. The Morgan fingerprint density at radius 2 is 1.92 bits per heavy atom. The number of anilines is 1. The summed E-state index contributed by atoms with van der Waals surface area (Å²) in [5, 5.41) is 0. The van der Waals surface area contributed by atoms with E-state index < -0.39 is 10.0 Å². The predicted molar refractivity (Wildman–Crippen MR) is 99.3 cm³/mol. The molecule has 3 rings (SSSR count). The minimum atomic E-state index is -3.63. The maximum atomic E-state index is 13.0. The zero-order valence-corrected chi connectivity index (χ0v) is 15.6. The Labute approximate surface area is 149 Å². The van der Waals surface area contributed by atoms with Crippen LogP contribution in [0, 0.1) is 13.8 Å². The minimum Gasteiger partial charge on any atom is -0.496 e. The summed E-state index contributed by atoms with van der Waals surface area (Å²) in [5.41, 5.74) is 10.2. The van der Waals surface area contributed by atoms with Gasteiger partial charge in [0.15, 0.2) is 0 Å². The number of nitrogens with one attached hydrogen (secondary N) is 1. The van der Waals surface area contributed by atoms with E-state index in [-0.39, 0.29) is 6.04 Å². The molecule has 1 aliphatic carbocycles. The second kappa shape index (κ2) is 6.69. The van der Waals surface area contributed by atoms with Crippen LogP contribution in [0.25, 0.3) is 0 Å². The highest BCUT2D eigenvalue weighted by atomic mass is 32.2. The summed E-state index contributed by atoms with van der Waals surface area (Å²) in [6.45, 7) is 3.63. The lowest BCUT2D eigenvalue weighted by atomic mass is 9.88. The van der Waals surface area contributed by atoms with Gasteiger partial charge in [0.05, 0.1) is 12.0 Å². The fourth-order valence-electron chi connectivity index (χ4n) is 3.48. The highest BCUT2D eigenvalue weighted by Gasteiger charge is 2.27. The van der Waals surface area contributed by atoms with E-state index in [1.165, 1.54) is 0 Å². The molecule has 134 valence electrons. The van der Waals surface area contributed by atoms with Crippen molar-refractivity contribution in [1.29, 1.82) is 0 Å². The lowest BCUT2D eigenvalue weighted by molar-refractivity contribution is 0.411. The molecule has 2 aromatic rings. The molecule has 0 saturated heterocycles. The highest BCUT2D eigenvalue weighted by molar-refractivity contribution is 7.89. The Hall–Kier alpha value is -2.05. The van der Waals surface area contributed by atoms with Gasteiger partial charge in [-0.2, -0.15) is 0 Å². The van der Waals surface area contributed by atoms with Crippen LogP contribution in [0.2, 0.25) is 0 Å². The van der Waals surface area contributed by atoms with Crippen LogP contribution in [-0.2, 0) is 16.4 Å². The Balaban J connectivity index is 1.95. The van der Waals surface area contributed by atoms with Crippen molar-refractivity contribution in [1.82, 2.24) is 4.72 Å². The number of methoxy groups -OCH3 is 1. The Morgan fingerprint density at radius 3 is 2.64 bits per heavy atom. The van der Waals surface area contributed by atoms with Gasteiger partial charge in [0, 0.05) is 11.7 Å². The number of ether oxygens (including phenoxy) is 1. The van der Waals surface area contributed by atoms with Gasteiger partial charge in [0.1, 0.15) is 5.75 Å². The third kappa shape index (κ3) is 3.50. The maximum Gasteiger partial charge on any atom is 0.241 e. The maximum absolute atomic E-state index is 13.0. The van der Waals surface area contributed by atoms with Crippen LogP contribution in [0.4, 0.5) is 5.69 Å². The van der Waals surface area contributed by atoms with Crippen LogP contribution >= 0.6 is 0 Å². The molecule has 0 bridgehead atoms. The zero-order chi connectivity index (χ0) is 18.2. The van der Waals surface area contributed by atoms with Crippen molar-refractivity contribution in [2.24, 2.45) is 0 Å². The molecule has 5 nitrogen and oxygen atoms in total. The summed E-state index contributed by atoms with van der Waals surface area (Å²) in [6, 6.07) is 8.91. The molecular weight excluding hydrogens is 336 g/mol. The number of fused-ring (bicyclic) bond motifs is 1. The van der Waals surface area contributed by atoms with E-state index >= 15 is 0 Å². The average Bonchev–Trinajstić information content (AvgIpc) is 2.56. The average molecular weight is 360 g/mol. The first-order valence-electron chi connectivity index (χ1n) is 8.37. The van der Waals surface area contributed by atoms with Crippen LogP contribution < -0.4 is 15.2 Å². The molecule has 0 radical (unpaired) electrons. The van der Waals surface area contributed by atoms with Crippen molar-refractivity contribution in [3.05, 3.63) is 52.6 Å². The van der Waals surface area contributed by atoms with Crippen LogP contribution in [0.15, 0.2) is 35.2 Å². The largest absolute Gasteiger partial charge is 0.496 e. The third-order valence-electron chi connectivity index (χ3n) is 4.76. The summed E-state index contributed by atoms with van der Waals surface area (Å²) in [5.74, 6) is 0.690. The molecule has 2 aromatic carbocycles. The van der Waals surface area contributed by atoms with Crippen molar-refractivity contribution >= 4 is 15.7 Å². The highest BCUT2D eigenvalue weighted by Crippen LogP contribution is 2.33. The van der Waals surface area contributed by atoms with Gasteiger partial charge in [0.25, 0.3) is 0 Å². The summed E-state index contributed by atoms with van der Waals surface area (Å²) in [6.07, 6.45) is 2.65. The lowest BCUT2D eigenvalue weighted by Gasteiger charge is -2.27. The summed E-state index contributed by atoms with van der Waals surface area (Å²) < 4.78 is 34.1. The van der Waals surface area contributed by atoms with Crippen molar-refractivity contribution in [3.8, 4) is 5.75 Å². The van der Waals surface area contributed by atoms with Gasteiger partial charge in [0.2, 0.25) is 10.0 Å². The first-order chi connectivity index (χ1) is 11.8. The number of aryl methyl sites for hydroxylation is 3. The molecule has 1 aliphatic rings. The number of benzene rings is 2. The van der Waals surface area contributed by atoms with E-state index in [1.54, 1.807) is 26.2 Å². The second-order valence-electron chi connectivity index (χ2n) is 6.61. The number of nitrogen functional groups attached to an aromatic ring is 1. The number of rotatable bonds is 4. The van der Waals surface area contributed by atoms with Gasteiger partial charge in [-0.05, 0) is 79.6 Å². The Kier molecular flexibility index (Phi) is 4.75. The summed E-state index contributed by atoms with van der Waals surface area (Å²) in [4.78, 5) is 0.299. The van der Waals surface area contributed by atoms with Crippen LogP contribution in [-0.4, -0.2) is 15.5 Å². The summed E-state index contributed by atoms with van der Waals surface area (Å²) in [7, 11) is -2.05. The molecule has 0 aliphatic heterocycles. The topological polar surface area (TPSA) is 81.4 Å². The van der Waals surface area contributed by atoms with E-state index in [9.17, 15) is 8.42 Å². The van der Waals surface area contributed by atoms with E-state index in [0.29, 0.717) is 21.9 Å². The van der Waals surface area contributed by atoms with Gasteiger partial charge >= 0.3 is 0 Å². The lowest BCUT2D eigenvalue weighted by Crippen LogP contribution is -2.31. The van der Waals surface area contributed by atoms with Crippen molar-refractivity contribution < 1.29 is 13.2 Å². The number of nitrogens with two attached hydrogens (primary N) is 1. The van der Waals surface area contributed by atoms with Gasteiger partial charge in [-0.25, -0.2) is 13.1 Å². The van der Waals surface area contributed by atoms with Gasteiger partial charge in [-0.3, -0.25) is 0 Å².